The van der Waals surface area contributed by atoms with Gasteiger partial charge in [-0.2, -0.15) is 0 Å². The number of hydrogen-bond donors (Lipinski definition) is 1. The number of ether oxygens (including phenoxy) is 1. The van der Waals surface area contributed by atoms with Gasteiger partial charge in [0, 0.05) is 33.7 Å². The van der Waals surface area contributed by atoms with E-state index in [1.54, 1.807) is 12.0 Å². The molecule has 1 N–H and O–H groups in total. The van der Waals surface area contributed by atoms with Crippen LogP contribution in [0.4, 0.5) is 0 Å². The third-order valence-electron chi connectivity index (χ3n) is 2.09. The van der Waals surface area contributed by atoms with Crippen LogP contribution < -0.4 is 5.32 Å². The highest BCUT2D eigenvalue weighted by Crippen LogP contribution is 1.96. The van der Waals surface area contributed by atoms with Crippen molar-refractivity contribution >= 4 is 5.91 Å². The molecule has 0 rings (SSSR count). The number of rotatable bonds is 8. The summed E-state index contributed by atoms with van der Waals surface area (Å²) in [6, 6.07) is 0. The van der Waals surface area contributed by atoms with Crippen molar-refractivity contribution in [1.82, 2.24) is 10.2 Å². The molecule has 0 aromatic heterocycles. The minimum atomic E-state index is 0.219. The van der Waals surface area contributed by atoms with Gasteiger partial charge in [-0.05, 0) is 26.4 Å². The Bertz CT molecular complexity index is 151. The average Bonchev–Trinajstić information content (AvgIpc) is 2.18. The van der Waals surface area contributed by atoms with E-state index in [0.717, 1.165) is 25.9 Å². The molecule has 0 radical (unpaired) electrons. The fourth-order valence-corrected chi connectivity index (χ4v) is 1.18. The molecule has 0 aliphatic carbocycles. The second-order valence-corrected chi connectivity index (χ2v) is 3.37. The minimum absolute atomic E-state index is 0.219. The second kappa shape index (κ2) is 8.97. The van der Waals surface area contributed by atoms with Crippen LogP contribution in [0.2, 0.25) is 0 Å². The molecule has 0 atom stereocenters. The van der Waals surface area contributed by atoms with Crippen molar-refractivity contribution in [2.75, 3.05) is 40.9 Å². The molecule has 0 aliphatic rings. The van der Waals surface area contributed by atoms with E-state index < -0.39 is 0 Å². The Morgan fingerprint density at radius 2 is 2.14 bits per heavy atom. The van der Waals surface area contributed by atoms with Crippen molar-refractivity contribution in [1.29, 1.82) is 0 Å². The summed E-state index contributed by atoms with van der Waals surface area (Å²) in [5.74, 6) is 0.219. The Morgan fingerprint density at radius 3 is 2.71 bits per heavy atom. The molecule has 4 heteroatoms. The first kappa shape index (κ1) is 13.4. The van der Waals surface area contributed by atoms with Gasteiger partial charge < -0.3 is 15.0 Å². The molecule has 0 heterocycles. The Labute approximate surface area is 86.6 Å². The van der Waals surface area contributed by atoms with E-state index >= 15 is 0 Å². The lowest BCUT2D eigenvalue weighted by Crippen LogP contribution is -2.28. The summed E-state index contributed by atoms with van der Waals surface area (Å²) in [5.41, 5.74) is 0. The fourth-order valence-electron chi connectivity index (χ4n) is 1.18. The molecule has 0 bridgehead atoms. The van der Waals surface area contributed by atoms with Crippen LogP contribution in [0.25, 0.3) is 0 Å². The summed E-state index contributed by atoms with van der Waals surface area (Å²) in [6.45, 7) is 2.40. The van der Waals surface area contributed by atoms with Crippen LogP contribution in [0, 0.1) is 0 Å². The lowest BCUT2D eigenvalue weighted by molar-refractivity contribution is -0.130. The van der Waals surface area contributed by atoms with E-state index in [1.807, 2.05) is 14.1 Å². The lowest BCUT2D eigenvalue weighted by atomic mass is 10.2. The topological polar surface area (TPSA) is 41.6 Å². The largest absolute Gasteiger partial charge is 0.385 e. The highest BCUT2D eigenvalue weighted by Gasteiger charge is 2.06. The van der Waals surface area contributed by atoms with Crippen molar-refractivity contribution in [2.45, 2.75) is 19.3 Å². The van der Waals surface area contributed by atoms with Gasteiger partial charge in [0.2, 0.25) is 5.91 Å². The van der Waals surface area contributed by atoms with E-state index in [-0.39, 0.29) is 5.91 Å². The second-order valence-electron chi connectivity index (χ2n) is 3.37. The highest BCUT2D eigenvalue weighted by molar-refractivity contribution is 5.75. The number of methoxy groups -OCH3 is 1. The molecule has 0 fully saturated rings. The molecule has 14 heavy (non-hydrogen) atoms. The molecule has 0 aromatic carbocycles. The number of carbonyl (C=O) groups excluding carboxylic acids is 1. The van der Waals surface area contributed by atoms with Crippen molar-refractivity contribution in [3.63, 3.8) is 0 Å². The van der Waals surface area contributed by atoms with Crippen molar-refractivity contribution < 1.29 is 9.53 Å². The van der Waals surface area contributed by atoms with Gasteiger partial charge in [-0.1, -0.05) is 0 Å². The van der Waals surface area contributed by atoms with Crippen LogP contribution in [0.3, 0.4) is 0 Å². The Hall–Kier alpha value is -0.610. The van der Waals surface area contributed by atoms with Gasteiger partial charge >= 0.3 is 0 Å². The van der Waals surface area contributed by atoms with Gasteiger partial charge in [0.15, 0.2) is 0 Å². The summed E-state index contributed by atoms with van der Waals surface area (Å²) in [4.78, 5) is 13.2. The maximum Gasteiger partial charge on any atom is 0.222 e. The molecule has 0 saturated heterocycles. The van der Waals surface area contributed by atoms with Crippen LogP contribution in [-0.4, -0.2) is 51.7 Å². The Morgan fingerprint density at radius 1 is 1.43 bits per heavy atom. The molecule has 84 valence electrons. The van der Waals surface area contributed by atoms with E-state index in [1.165, 1.54) is 0 Å². The zero-order valence-electron chi connectivity index (χ0n) is 9.51. The van der Waals surface area contributed by atoms with E-state index in [4.69, 9.17) is 4.74 Å². The molecular weight excluding hydrogens is 180 g/mol. The molecule has 0 aliphatic heterocycles. The first-order chi connectivity index (χ1) is 6.72. The first-order valence-corrected chi connectivity index (χ1v) is 5.10. The van der Waals surface area contributed by atoms with Gasteiger partial charge in [-0.25, -0.2) is 0 Å². The molecule has 0 spiro atoms. The van der Waals surface area contributed by atoms with E-state index in [2.05, 4.69) is 5.32 Å². The predicted octanol–water partition coefficient (Wildman–Crippen LogP) is 0.481. The molecular formula is C10H22N2O2. The zero-order chi connectivity index (χ0) is 10.8. The lowest BCUT2D eigenvalue weighted by Gasteiger charge is -2.16. The highest BCUT2D eigenvalue weighted by atomic mass is 16.5. The quantitative estimate of drug-likeness (QED) is 0.582. The van der Waals surface area contributed by atoms with Gasteiger partial charge in [0.25, 0.3) is 0 Å². The van der Waals surface area contributed by atoms with Crippen molar-refractivity contribution in [3.05, 3.63) is 0 Å². The van der Waals surface area contributed by atoms with Crippen LogP contribution in [-0.2, 0) is 9.53 Å². The number of hydrogen-bond acceptors (Lipinski definition) is 3. The third-order valence-corrected chi connectivity index (χ3v) is 2.09. The summed E-state index contributed by atoms with van der Waals surface area (Å²) in [5, 5.41) is 3.02. The maximum atomic E-state index is 11.5. The van der Waals surface area contributed by atoms with Crippen LogP contribution in [0.1, 0.15) is 19.3 Å². The molecule has 0 aromatic rings. The van der Waals surface area contributed by atoms with Gasteiger partial charge in [-0.15, -0.1) is 0 Å². The van der Waals surface area contributed by atoms with Crippen molar-refractivity contribution in [3.8, 4) is 0 Å². The summed E-state index contributed by atoms with van der Waals surface area (Å²) < 4.78 is 4.92. The SMILES string of the molecule is CNCCCC(=O)N(C)CCCOC. The summed E-state index contributed by atoms with van der Waals surface area (Å²) in [7, 11) is 5.42. The number of amides is 1. The smallest absolute Gasteiger partial charge is 0.222 e. The third kappa shape index (κ3) is 6.86. The van der Waals surface area contributed by atoms with Crippen LogP contribution >= 0.6 is 0 Å². The maximum absolute atomic E-state index is 11.5. The minimum Gasteiger partial charge on any atom is -0.385 e. The molecule has 0 unspecified atom stereocenters. The summed E-state index contributed by atoms with van der Waals surface area (Å²) in [6.07, 6.45) is 2.44. The zero-order valence-corrected chi connectivity index (χ0v) is 9.51. The normalized spacial score (nSPS) is 10.2. The van der Waals surface area contributed by atoms with Crippen molar-refractivity contribution in [2.24, 2.45) is 0 Å². The van der Waals surface area contributed by atoms with Gasteiger partial charge in [-0.3, -0.25) is 4.79 Å². The van der Waals surface area contributed by atoms with Gasteiger partial charge in [0.1, 0.15) is 0 Å². The molecule has 1 amide bonds. The predicted molar refractivity (Wildman–Crippen MR) is 57.3 cm³/mol. The van der Waals surface area contributed by atoms with Gasteiger partial charge in [0.05, 0.1) is 0 Å². The monoisotopic (exact) mass is 202 g/mol. The number of carbonyl (C=O) groups is 1. The van der Waals surface area contributed by atoms with E-state index in [9.17, 15) is 4.79 Å². The van der Waals surface area contributed by atoms with E-state index in [0.29, 0.717) is 13.0 Å². The first-order valence-electron chi connectivity index (χ1n) is 5.10. The Balaban J connectivity index is 3.44. The fraction of sp³-hybridized carbons (Fsp3) is 0.900. The average molecular weight is 202 g/mol. The van der Waals surface area contributed by atoms with Crippen LogP contribution in [0.5, 0.6) is 0 Å². The number of nitrogens with zero attached hydrogens (tertiary/aromatic N) is 1. The molecule has 4 nitrogen and oxygen atoms in total. The standard InChI is InChI=1S/C10H22N2O2/c1-11-7-4-6-10(13)12(2)8-5-9-14-3/h11H,4-9H2,1-3H3. The van der Waals surface area contributed by atoms with Crippen LogP contribution in [0.15, 0.2) is 0 Å². The Kier molecular flexibility index (Phi) is 8.57. The molecule has 0 saturated carbocycles. The number of nitrogens with one attached hydrogen (secondary N) is 1. The summed E-state index contributed by atoms with van der Waals surface area (Å²) >= 11 is 0.